The average Bonchev–Trinajstić information content (AvgIpc) is 2.99. The Balaban J connectivity index is 2.03. The molecule has 6 nitrogen and oxygen atoms in total. The van der Waals surface area contributed by atoms with Gasteiger partial charge in [0.15, 0.2) is 5.11 Å². The van der Waals surface area contributed by atoms with E-state index in [1.807, 2.05) is 0 Å². The van der Waals surface area contributed by atoms with Crippen LogP contribution in [0.5, 0.6) is 0 Å². The first-order valence-electron chi connectivity index (χ1n) is 6.24. The van der Waals surface area contributed by atoms with Crippen molar-refractivity contribution in [3.8, 4) is 22.9 Å². The number of thiocarbonyl (C=S) groups is 1. The molecule has 0 bridgehead atoms. The zero-order valence-corrected chi connectivity index (χ0v) is 12.0. The zero-order chi connectivity index (χ0) is 15.5. The fraction of sp³-hybridized carbons (Fsp3) is 0. The second-order valence-corrected chi connectivity index (χ2v) is 4.77. The molecule has 0 aliphatic carbocycles. The van der Waals surface area contributed by atoms with Crippen LogP contribution < -0.4 is 11.1 Å². The summed E-state index contributed by atoms with van der Waals surface area (Å²) in [7, 11) is 0. The monoisotopic (exact) mass is 315 g/mol. The summed E-state index contributed by atoms with van der Waals surface area (Å²) >= 11 is 4.80. The molecule has 22 heavy (non-hydrogen) atoms. The van der Waals surface area contributed by atoms with Crippen molar-refractivity contribution >= 4 is 23.0 Å². The van der Waals surface area contributed by atoms with Crippen LogP contribution in [0.25, 0.3) is 22.9 Å². The molecule has 0 spiro atoms. The number of benzene rings is 1. The van der Waals surface area contributed by atoms with Gasteiger partial charge in [0.1, 0.15) is 5.82 Å². The summed E-state index contributed by atoms with van der Waals surface area (Å²) in [6.45, 7) is 0. The van der Waals surface area contributed by atoms with E-state index >= 15 is 0 Å². The molecule has 3 N–H and O–H groups in total. The maximum Gasteiger partial charge on any atom is 0.250 e. The maximum absolute atomic E-state index is 13.5. The Kier molecular flexibility index (Phi) is 3.75. The minimum absolute atomic E-state index is 0.0572. The Morgan fingerprint density at radius 3 is 2.59 bits per heavy atom. The molecule has 0 fully saturated rings. The molecule has 2 heterocycles. The van der Waals surface area contributed by atoms with E-state index in [4.69, 9.17) is 22.4 Å². The Labute approximate surface area is 130 Å². The van der Waals surface area contributed by atoms with Crippen LogP contribution in [0.15, 0.2) is 47.1 Å². The summed E-state index contributed by atoms with van der Waals surface area (Å²) in [6.07, 6.45) is 3.22. The topological polar surface area (TPSA) is 89.9 Å². The third kappa shape index (κ3) is 2.91. The highest BCUT2D eigenvalue weighted by molar-refractivity contribution is 7.80. The standard InChI is InChI=1S/C14H10FN5OS/c15-9-1-2-11(18-14(16)22)10(7-9)13-20-19-12(21-13)8-3-5-17-6-4-8/h1-7H,(H3,16,18,22). The Morgan fingerprint density at radius 1 is 1.14 bits per heavy atom. The first kappa shape index (κ1) is 14.1. The molecule has 0 aliphatic rings. The number of nitrogens with zero attached hydrogens (tertiary/aromatic N) is 3. The summed E-state index contributed by atoms with van der Waals surface area (Å²) in [5, 5.41) is 10.7. The predicted molar refractivity (Wildman–Crippen MR) is 83.3 cm³/mol. The third-order valence-corrected chi connectivity index (χ3v) is 2.92. The highest BCUT2D eigenvalue weighted by Crippen LogP contribution is 2.30. The molecule has 0 amide bonds. The molecular weight excluding hydrogens is 305 g/mol. The van der Waals surface area contributed by atoms with Crippen LogP contribution in [-0.4, -0.2) is 20.3 Å². The number of nitrogens with one attached hydrogen (secondary N) is 1. The fourth-order valence-corrected chi connectivity index (χ4v) is 1.99. The van der Waals surface area contributed by atoms with Gasteiger partial charge in [-0.25, -0.2) is 4.39 Å². The molecule has 0 aliphatic heterocycles. The smallest absolute Gasteiger partial charge is 0.250 e. The first-order valence-corrected chi connectivity index (χ1v) is 6.64. The number of nitrogens with two attached hydrogens (primary N) is 1. The van der Waals surface area contributed by atoms with Gasteiger partial charge in [-0.2, -0.15) is 0 Å². The average molecular weight is 315 g/mol. The summed E-state index contributed by atoms with van der Waals surface area (Å²) in [4.78, 5) is 3.92. The van der Waals surface area contributed by atoms with Crippen LogP contribution in [0.4, 0.5) is 10.1 Å². The molecule has 0 atom stereocenters. The van der Waals surface area contributed by atoms with Crippen molar-refractivity contribution < 1.29 is 8.81 Å². The van der Waals surface area contributed by atoms with Gasteiger partial charge in [-0.3, -0.25) is 4.98 Å². The quantitative estimate of drug-likeness (QED) is 0.718. The fourth-order valence-electron chi connectivity index (χ4n) is 1.88. The van der Waals surface area contributed by atoms with E-state index in [1.165, 1.54) is 18.2 Å². The lowest BCUT2D eigenvalue weighted by atomic mass is 10.1. The van der Waals surface area contributed by atoms with E-state index in [-0.39, 0.29) is 11.0 Å². The molecule has 110 valence electrons. The predicted octanol–water partition coefficient (Wildman–Crippen LogP) is 2.59. The van der Waals surface area contributed by atoms with Gasteiger partial charge in [-0.1, -0.05) is 0 Å². The number of pyridine rings is 1. The van der Waals surface area contributed by atoms with Crippen molar-refractivity contribution in [1.82, 2.24) is 15.2 Å². The molecule has 0 radical (unpaired) electrons. The maximum atomic E-state index is 13.5. The van der Waals surface area contributed by atoms with Gasteiger partial charge in [0.25, 0.3) is 0 Å². The van der Waals surface area contributed by atoms with Crippen molar-refractivity contribution in [1.29, 1.82) is 0 Å². The normalized spacial score (nSPS) is 10.4. The van der Waals surface area contributed by atoms with E-state index in [0.29, 0.717) is 22.7 Å². The number of anilines is 1. The molecule has 3 aromatic rings. The minimum Gasteiger partial charge on any atom is -0.416 e. The van der Waals surface area contributed by atoms with E-state index in [0.717, 1.165) is 0 Å². The molecular formula is C14H10FN5OS. The van der Waals surface area contributed by atoms with Crippen LogP contribution in [0.3, 0.4) is 0 Å². The van der Waals surface area contributed by atoms with Crippen molar-refractivity contribution in [2.24, 2.45) is 5.73 Å². The largest absolute Gasteiger partial charge is 0.416 e. The van der Waals surface area contributed by atoms with Gasteiger partial charge >= 0.3 is 0 Å². The summed E-state index contributed by atoms with van der Waals surface area (Å²) in [5.74, 6) is 0.0279. The van der Waals surface area contributed by atoms with Crippen LogP contribution in [0, 0.1) is 5.82 Å². The van der Waals surface area contributed by atoms with Gasteiger partial charge in [0.2, 0.25) is 11.8 Å². The minimum atomic E-state index is -0.438. The lowest BCUT2D eigenvalue weighted by Gasteiger charge is -2.07. The van der Waals surface area contributed by atoms with E-state index in [1.54, 1.807) is 24.5 Å². The van der Waals surface area contributed by atoms with Gasteiger partial charge in [-0.05, 0) is 42.5 Å². The Hall–Kier alpha value is -2.87. The number of aromatic nitrogens is 3. The molecule has 8 heteroatoms. The SMILES string of the molecule is NC(=S)Nc1ccc(F)cc1-c1nnc(-c2ccncc2)o1. The summed E-state index contributed by atoms with van der Waals surface area (Å²) in [5.41, 5.74) is 7.04. The molecule has 1 aromatic carbocycles. The highest BCUT2D eigenvalue weighted by Gasteiger charge is 2.15. The second kappa shape index (κ2) is 5.86. The van der Waals surface area contributed by atoms with Crippen LogP contribution in [-0.2, 0) is 0 Å². The molecule has 0 unspecified atom stereocenters. The van der Waals surface area contributed by atoms with Crippen LogP contribution in [0.2, 0.25) is 0 Å². The van der Waals surface area contributed by atoms with Gasteiger partial charge < -0.3 is 15.5 Å². The summed E-state index contributed by atoms with van der Waals surface area (Å²) in [6, 6.07) is 7.52. The Bertz CT molecular complexity index is 821. The van der Waals surface area contributed by atoms with Crippen molar-refractivity contribution in [2.75, 3.05) is 5.32 Å². The van der Waals surface area contributed by atoms with Gasteiger partial charge in [0.05, 0.1) is 11.3 Å². The number of halogens is 1. The Morgan fingerprint density at radius 2 is 1.86 bits per heavy atom. The lowest BCUT2D eigenvalue weighted by molar-refractivity contribution is 0.582. The highest BCUT2D eigenvalue weighted by atomic mass is 32.1. The van der Waals surface area contributed by atoms with Crippen molar-refractivity contribution in [3.05, 3.63) is 48.5 Å². The van der Waals surface area contributed by atoms with Crippen molar-refractivity contribution in [2.45, 2.75) is 0 Å². The van der Waals surface area contributed by atoms with Gasteiger partial charge in [0, 0.05) is 18.0 Å². The van der Waals surface area contributed by atoms with Crippen molar-refractivity contribution in [3.63, 3.8) is 0 Å². The van der Waals surface area contributed by atoms with E-state index in [9.17, 15) is 4.39 Å². The lowest BCUT2D eigenvalue weighted by Crippen LogP contribution is -2.19. The van der Waals surface area contributed by atoms with E-state index < -0.39 is 5.82 Å². The number of hydrogen-bond donors (Lipinski definition) is 2. The molecule has 3 rings (SSSR count). The van der Waals surface area contributed by atoms with Gasteiger partial charge in [-0.15, -0.1) is 10.2 Å². The van der Waals surface area contributed by atoms with Crippen LogP contribution >= 0.6 is 12.2 Å². The zero-order valence-electron chi connectivity index (χ0n) is 11.2. The third-order valence-electron chi connectivity index (χ3n) is 2.82. The first-order chi connectivity index (χ1) is 10.6. The van der Waals surface area contributed by atoms with E-state index in [2.05, 4.69) is 20.5 Å². The number of hydrogen-bond acceptors (Lipinski definition) is 5. The molecule has 2 aromatic heterocycles. The molecule has 0 saturated heterocycles. The second-order valence-electron chi connectivity index (χ2n) is 4.33. The summed E-state index contributed by atoms with van der Waals surface area (Å²) < 4.78 is 19.1. The molecule has 0 saturated carbocycles. The van der Waals surface area contributed by atoms with Crippen LogP contribution in [0.1, 0.15) is 0 Å². The number of rotatable bonds is 3.